The number of anilines is 1. The molecule has 0 bridgehead atoms. The van der Waals surface area contributed by atoms with Crippen LogP contribution in [0.4, 0.5) is 5.13 Å². The highest BCUT2D eigenvalue weighted by atomic mass is 32.1. The normalized spacial score (nSPS) is 17.9. The van der Waals surface area contributed by atoms with Crippen LogP contribution in [0.1, 0.15) is 17.7 Å². The number of nitrogens with two attached hydrogens (primary N) is 1. The van der Waals surface area contributed by atoms with Gasteiger partial charge in [-0.3, -0.25) is 9.58 Å². The molecule has 0 aromatic carbocycles. The lowest BCUT2D eigenvalue weighted by Gasteiger charge is -2.31. The predicted octanol–water partition coefficient (Wildman–Crippen LogP) is 1.23. The van der Waals surface area contributed by atoms with Crippen molar-refractivity contribution in [3.8, 4) is 0 Å². The molecule has 0 radical (unpaired) electrons. The Morgan fingerprint density at radius 2 is 2.21 bits per heavy atom. The number of aromatic nitrogens is 4. The lowest BCUT2D eigenvalue weighted by Crippen LogP contribution is -2.34. The van der Waals surface area contributed by atoms with Gasteiger partial charge in [0.15, 0.2) is 5.13 Å². The summed E-state index contributed by atoms with van der Waals surface area (Å²) >= 11 is 1.59. The van der Waals surface area contributed by atoms with Gasteiger partial charge in [0.1, 0.15) is 0 Å². The van der Waals surface area contributed by atoms with E-state index in [9.17, 15) is 0 Å². The van der Waals surface area contributed by atoms with Crippen LogP contribution < -0.4 is 5.73 Å². The molecule has 0 aliphatic carbocycles. The Morgan fingerprint density at radius 3 is 2.84 bits per heavy atom. The lowest BCUT2D eigenvalue weighted by atomic mass is 9.97. The highest BCUT2D eigenvalue weighted by Gasteiger charge is 2.20. The number of hydrogen-bond acceptors (Lipinski definition) is 6. The summed E-state index contributed by atoms with van der Waals surface area (Å²) in [5.74, 6) is 0.712. The fraction of sp³-hybridized carbons (Fsp3) is 0.583. The van der Waals surface area contributed by atoms with Crippen molar-refractivity contribution in [1.82, 2.24) is 24.9 Å². The smallest absolute Gasteiger partial charge is 0.180 e. The van der Waals surface area contributed by atoms with Crippen molar-refractivity contribution in [3.05, 3.63) is 23.5 Å². The third-order valence-electron chi connectivity index (χ3n) is 3.58. The van der Waals surface area contributed by atoms with Gasteiger partial charge in [-0.25, -0.2) is 4.98 Å². The zero-order valence-electron chi connectivity index (χ0n) is 10.8. The summed E-state index contributed by atoms with van der Waals surface area (Å²) in [5.41, 5.74) is 5.65. The largest absolute Gasteiger partial charge is 0.375 e. The first-order valence-corrected chi connectivity index (χ1v) is 7.38. The van der Waals surface area contributed by atoms with Crippen LogP contribution in [-0.4, -0.2) is 38.0 Å². The Hall–Kier alpha value is -1.47. The summed E-state index contributed by atoms with van der Waals surface area (Å²) in [6.07, 6.45) is 8.00. The van der Waals surface area contributed by atoms with E-state index in [1.54, 1.807) is 17.5 Å². The molecule has 1 fully saturated rings. The lowest BCUT2D eigenvalue weighted by molar-refractivity contribution is 0.165. The predicted molar refractivity (Wildman–Crippen MR) is 74.5 cm³/mol. The van der Waals surface area contributed by atoms with E-state index in [0.29, 0.717) is 11.0 Å². The maximum atomic E-state index is 5.65. The number of thiazole rings is 1. The molecule has 6 nitrogen and oxygen atoms in total. The molecule has 0 unspecified atom stereocenters. The molecule has 3 heterocycles. The number of likely N-dealkylation sites (tertiary alicyclic amines) is 1. The van der Waals surface area contributed by atoms with Crippen molar-refractivity contribution in [2.75, 3.05) is 18.8 Å². The van der Waals surface area contributed by atoms with E-state index in [0.717, 1.165) is 26.2 Å². The highest BCUT2D eigenvalue weighted by Crippen LogP contribution is 2.22. The van der Waals surface area contributed by atoms with Gasteiger partial charge in [-0.05, 0) is 31.8 Å². The topological polar surface area (TPSA) is 72.9 Å². The molecule has 2 aromatic heterocycles. The third-order valence-corrected chi connectivity index (χ3v) is 4.39. The molecule has 2 aromatic rings. The molecule has 2 N–H and O–H groups in total. The molecule has 1 aliphatic rings. The van der Waals surface area contributed by atoms with Crippen molar-refractivity contribution in [2.45, 2.75) is 25.9 Å². The van der Waals surface area contributed by atoms with Crippen LogP contribution in [0.15, 0.2) is 18.6 Å². The van der Waals surface area contributed by atoms with Gasteiger partial charge in [0.05, 0.1) is 6.20 Å². The molecule has 0 saturated carbocycles. The zero-order valence-corrected chi connectivity index (χ0v) is 11.6. The van der Waals surface area contributed by atoms with Gasteiger partial charge < -0.3 is 5.73 Å². The van der Waals surface area contributed by atoms with E-state index in [4.69, 9.17) is 5.73 Å². The standard InChI is InChI=1S/C12H18N6S/c13-12-14-7-11(19-12)9-17-4-1-10(2-5-17)8-18-6-3-15-16-18/h3,6-7,10H,1-2,4-5,8-9H2,(H2,13,14). The Morgan fingerprint density at radius 1 is 1.37 bits per heavy atom. The number of piperidine rings is 1. The monoisotopic (exact) mass is 278 g/mol. The minimum atomic E-state index is 0.663. The van der Waals surface area contributed by atoms with Gasteiger partial charge in [-0.1, -0.05) is 5.21 Å². The maximum Gasteiger partial charge on any atom is 0.180 e. The second-order valence-electron chi connectivity index (χ2n) is 5.01. The molecular weight excluding hydrogens is 260 g/mol. The Labute approximate surface area is 116 Å². The number of nitrogens with zero attached hydrogens (tertiary/aromatic N) is 5. The van der Waals surface area contributed by atoms with E-state index in [2.05, 4.69) is 20.2 Å². The van der Waals surface area contributed by atoms with Crippen molar-refractivity contribution in [1.29, 1.82) is 0 Å². The quantitative estimate of drug-likeness (QED) is 0.910. The maximum absolute atomic E-state index is 5.65. The van der Waals surface area contributed by atoms with Crippen molar-refractivity contribution < 1.29 is 0 Å². The fourth-order valence-corrected chi connectivity index (χ4v) is 3.26. The second-order valence-corrected chi connectivity index (χ2v) is 6.16. The van der Waals surface area contributed by atoms with Crippen molar-refractivity contribution in [2.24, 2.45) is 5.92 Å². The van der Waals surface area contributed by atoms with Gasteiger partial charge in [0, 0.05) is 30.4 Å². The summed E-state index contributed by atoms with van der Waals surface area (Å²) in [7, 11) is 0. The fourth-order valence-electron chi connectivity index (χ4n) is 2.54. The van der Waals surface area contributed by atoms with E-state index >= 15 is 0 Å². The first-order chi connectivity index (χ1) is 9.29. The summed E-state index contributed by atoms with van der Waals surface area (Å²) in [6, 6.07) is 0. The van der Waals surface area contributed by atoms with Crippen LogP contribution in [0.2, 0.25) is 0 Å². The molecule has 7 heteroatoms. The molecule has 1 aliphatic heterocycles. The molecule has 102 valence electrons. The van der Waals surface area contributed by atoms with Crippen LogP contribution in [-0.2, 0) is 13.1 Å². The van der Waals surface area contributed by atoms with Crippen LogP contribution in [0.25, 0.3) is 0 Å². The van der Waals surface area contributed by atoms with Crippen molar-refractivity contribution >= 4 is 16.5 Å². The number of hydrogen-bond donors (Lipinski definition) is 1. The summed E-state index contributed by atoms with van der Waals surface area (Å²) in [5, 5.41) is 8.54. The van der Waals surface area contributed by atoms with E-state index < -0.39 is 0 Å². The van der Waals surface area contributed by atoms with Crippen LogP contribution in [0.3, 0.4) is 0 Å². The molecule has 0 atom stereocenters. The van der Waals surface area contributed by atoms with Crippen molar-refractivity contribution in [3.63, 3.8) is 0 Å². The summed E-state index contributed by atoms with van der Waals surface area (Å²) in [4.78, 5) is 7.83. The SMILES string of the molecule is Nc1ncc(CN2CCC(Cn3ccnn3)CC2)s1. The highest BCUT2D eigenvalue weighted by molar-refractivity contribution is 7.15. The molecule has 0 spiro atoms. The Balaban J connectivity index is 1.46. The second kappa shape index (κ2) is 5.66. The first-order valence-electron chi connectivity index (χ1n) is 6.56. The number of nitrogen functional groups attached to an aromatic ring is 1. The molecule has 0 amide bonds. The van der Waals surface area contributed by atoms with E-state index in [-0.39, 0.29) is 0 Å². The number of rotatable bonds is 4. The third kappa shape index (κ3) is 3.30. The summed E-state index contributed by atoms with van der Waals surface area (Å²) < 4.78 is 1.93. The van der Waals surface area contributed by atoms with Gasteiger partial charge in [-0.2, -0.15) is 0 Å². The van der Waals surface area contributed by atoms with E-state index in [1.165, 1.54) is 17.7 Å². The van der Waals surface area contributed by atoms with Gasteiger partial charge >= 0.3 is 0 Å². The molecule has 19 heavy (non-hydrogen) atoms. The van der Waals surface area contributed by atoms with E-state index in [1.807, 2.05) is 17.1 Å². The van der Waals surface area contributed by atoms with Crippen LogP contribution in [0, 0.1) is 5.92 Å². The molecule has 3 rings (SSSR count). The van der Waals surface area contributed by atoms with Gasteiger partial charge in [0.2, 0.25) is 0 Å². The molecular formula is C12H18N6S. The summed E-state index contributed by atoms with van der Waals surface area (Å²) in [6.45, 7) is 4.24. The molecule has 1 saturated heterocycles. The van der Waals surface area contributed by atoms with Gasteiger partial charge in [0.25, 0.3) is 0 Å². The minimum absolute atomic E-state index is 0.663. The average molecular weight is 278 g/mol. The van der Waals surface area contributed by atoms with Gasteiger partial charge in [-0.15, -0.1) is 16.4 Å². The van der Waals surface area contributed by atoms with Crippen LogP contribution >= 0.6 is 11.3 Å². The zero-order chi connectivity index (χ0) is 13.1. The Bertz CT molecular complexity index is 500. The first kappa shape index (κ1) is 12.6. The minimum Gasteiger partial charge on any atom is -0.375 e. The Kier molecular flexibility index (Phi) is 3.74. The van der Waals surface area contributed by atoms with Crippen LogP contribution in [0.5, 0.6) is 0 Å². The average Bonchev–Trinajstić information content (AvgIpc) is 3.04.